The topological polar surface area (TPSA) is 32.3 Å². The van der Waals surface area contributed by atoms with Gasteiger partial charge in [0, 0.05) is 18.6 Å². The number of carbonyl (C=O) groups excluding carboxylic acids is 1. The van der Waals surface area contributed by atoms with Crippen molar-refractivity contribution in [1.29, 1.82) is 0 Å². The molecule has 0 aliphatic heterocycles. The van der Waals surface area contributed by atoms with Crippen molar-refractivity contribution in [1.82, 2.24) is 9.03 Å². The monoisotopic (exact) mass is 567 g/mol. The van der Waals surface area contributed by atoms with E-state index in [9.17, 15) is 4.79 Å². The number of nitrogens with one attached hydrogen (secondary N) is 1. The van der Waals surface area contributed by atoms with Crippen LogP contribution in [0.2, 0.25) is 0 Å². The second-order valence-electron chi connectivity index (χ2n) is 13.2. The molecular formula is C35H70N2OS. The van der Waals surface area contributed by atoms with Crippen LogP contribution < -0.4 is 4.72 Å². The molecule has 0 aromatic heterocycles. The first kappa shape index (κ1) is 36.8. The first-order chi connectivity index (χ1) is 18.8. The molecule has 0 aromatic carbocycles. The van der Waals surface area contributed by atoms with Gasteiger partial charge in [-0.25, -0.2) is 4.31 Å². The van der Waals surface area contributed by atoms with Crippen molar-refractivity contribution in [2.24, 2.45) is 40.4 Å². The summed E-state index contributed by atoms with van der Waals surface area (Å²) >= 11 is 1.39. The summed E-state index contributed by atoms with van der Waals surface area (Å²) in [5.74, 6) is 5.03. The van der Waals surface area contributed by atoms with Gasteiger partial charge in [0.2, 0.25) is 5.91 Å². The van der Waals surface area contributed by atoms with Gasteiger partial charge in [-0.05, 0) is 119 Å². The van der Waals surface area contributed by atoms with E-state index in [1.165, 1.54) is 108 Å². The molecule has 4 saturated carbocycles. The summed E-state index contributed by atoms with van der Waals surface area (Å²) in [6.07, 6.45) is 23.4. The number of hydrogen-bond acceptors (Lipinski definition) is 3. The Balaban J connectivity index is 0.000000664. The highest BCUT2D eigenvalue weighted by Gasteiger charge is 2.59. The lowest BCUT2D eigenvalue weighted by Gasteiger charge is -2.60. The summed E-state index contributed by atoms with van der Waals surface area (Å²) in [7, 11) is 3.92. The van der Waals surface area contributed by atoms with E-state index >= 15 is 0 Å². The molecule has 4 rings (SSSR count). The minimum absolute atomic E-state index is 0.190. The number of carbonyl (C=O) groups is 1. The molecule has 3 nitrogen and oxygen atoms in total. The van der Waals surface area contributed by atoms with Crippen molar-refractivity contribution in [2.75, 3.05) is 14.1 Å². The Bertz CT molecular complexity index is 651. The Morgan fingerprint density at radius 3 is 2.05 bits per heavy atom. The zero-order chi connectivity index (χ0) is 29.5. The SMILES string of the molecule is CC.CC.CCCCCC.CN(C)SNC(=O)CCCC1CCC2C3CCC4CCCCC4(C)C3CCC12C. The lowest BCUT2D eigenvalue weighted by Crippen LogP contribution is -2.52. The molecule has 7 unspecified atom stereocenters. The van der Waals surface area contributed by atoms with Gasteiger partial charge >= 0.3 is 0 Å². The molecule has 4 aliphatic carbocycles. The van der Waals surface area contributed by atoms with Crippen molar-refractivity contribution in [3.05, 3.63) is 0 Å². The van der Waals surface area contributed by atoms with Crippen molar-refractivity contribution < 1.29 is 4.79 Å². The summed E-state index contributed by atoms with van der Waals surface area (Å²) in [5, 5.41) is 0. The van der Waals surface area contributed by atoms with Gasteiger partial charge in [0.05, 0.1) is 0 Å². The fourth-order valence-corrected chi connectivity index (χ4v) is 9.47. The van der Waals surface area contributed by atoms with Crippen LogP contribution in [0.3, 0.4) is 0 Å². The van der Waals surface area contributed by atoms with Crippen LogP contribution in [-0.2, 0) is 4.79 Å². The Labute approximate surface area is 250 Å². The smallest absolute Gasteiger partial charge is 0.230 e. The quantitative estimate of drug-likeness (QED) is 0.222. The van der Waals surface area contributed by atoms with Crippen LogP contribution in [0.1, 0.15) is 165 Å². The van der Waals surface area contributed by atoms with Gasteiger partial charge in [0.1, 0.15) is 0 Å². The van der Waals surface area contributed by atoms with E-state index in [0.29, 0.717) is 17.3 Å². The molecule has 0 saturated heterocycles. The summed E-state index contributed by atoms with van der Waals surface area (Å²) in [6.45, 7) is 17.8. The molecule has 4 aliphatic rings. The minimum Gasteiger partial charge on any atom is -0.287 e. The first-order valence-corrected chi connectivity index (χ1v) is 18.2. The summed E-state index contributed by atoms with van der Waals surface area (Å²) in [6, 6.07) is 0. The molecule has 0 spiro atoms. The van der Waals surface area contributed by atoms with E-state index in [0.717, 1.165) is 36.0 Å². The van der Waals surface area contributed by atoms with Crippen LogP contribution in [0.5, 0.6) is 0 Å². The fraction of sp³-hybridized carbons (Fsp3) is 0.971. The van der Waals surface area contributed by atoms with E-state index in [2.05, 4.69) is 32.4 Å². The van der Waals surface area contributed by atoms with E-state index < -0.39 is 0 Å². The van der Waals surface area contributed by atoms with Gasteiger partial charge in [-0.15, -0.1) is 0 Å². The Morgan fingerprint density at radius 2 is 1.44 bits per heavy atom. The van der Waals surface area contributed by atoms with Crippen LogP contribution in [0.25, 0.3) is 0 Å². The highest BCUT2D eigenvalue weighted by Crippen LogP contribution is 2.67. The van der Waals surface area contributed by atoms with E-state index in [1.807, 2.05) is 46.1 Å². The predicted octanol–water partition coefficient (Wildman–Crippen LogP) is 11.1. The standard InChI is InChI=1S/C25H44N2OS.C6H14.2C2H6/c1-24-16-6-5-8-18(24)11-13-20-21-14-12-19(25(21,2)17-15-22(20)24)9-7-10-23(28)26-29-27(3)4;1-3-5-6-4-2;2*1-2/h18-22H,5-17H2,1-4H3,(H,26,28);3-6H2,1-2H3;2*1-2H3. The third kappa shape index (κ3) is 9.93. The van der Waals surface area contributed by atoms with Gasteiger partial charge in [0.15, 0.2) is 0 Å². The summed E-state index contributed by atoms with van der Waals surface area (Å²) < 4.78 is 4.88. The second kappa shape index (κ2) is 19.1. The normalized spacial score (nSPS) is 34.5. The summed E-state index contributed by atoms with van der Waals surface area (Å²) in [5.41, 5.74) is 1.21. The van der Waals surface area contributed by atoms with Gasteiger partial charge in [0.25, 0.3) is 0 Å². The number of hydrogen-bond donors (Lipinski definition) is 1. The molecule has 232 valence electrons. The lowest BCUT2D eigenvalue weighted by molar-refractivity contribution is -0.119. The van der Waals surface area contributed by atoms with Crippen molar-refractivity contribution in [2.45, 2.75) is 165 Å². The van der Waals surface area contributed by atoms with Gasteiger partial charge in [-0.3, -0.25) is 9.52 Å². The number of rotatable bonds is 9. The van der Waals surface area contributed by atoms with Gasteiger partial charge in [-0.2, -0.15) is 0 Å². The highest BCUT2D eigenvalue weighted by molar-refractivity contribution is 7.95. The molecule has 0 radical (unpaired) electrons. The molecule has 0 aromatic rings. The van der Waals surface area contributed by atoms with Crippen molar-refractivity contribution in [3.8, 4) is 0 Å². The maximum atomic E-state index is 12.1. The molecule has 0 bridgehead atoms. The van der Waals surface area contributed by atoms with Gasteiger partial charge < -0.3 is 0 Å². The average molecular weight is 567 g/mol. The molecule has 1 amide bonds. The second-order valence-corrected chi connectivity index (χ2v) is 14.4. The van der Waals surface area contributed by atoms with Crippen LogP contribution in [-0.4, -0.2) is 24.3 Å². The molecular weight excluding hydrogens is 496 g/mol. The largest absolute Gasteiger partial charge is 0.287 e. The zero-order valence-electron chi connectivity index (χ0n) is 28.2. The molecule has 1 N–H and O–H groups in total. The molecule has 4 fully saturated rings. The van der Waals surface area contributed by atoms with E-state index in [4.69, 9.17) is 0 Å². The Hall–Kier alpha value is -0.220. The molecule has 0 heterocycles. The number of unbranched alkanes of at least 4 members (excludes halogenated alkanes) is 3. The minimum atomic E-state index is 0.190. The zero-order valence-corrected chi connectivity index (χ0v) is 29.0. The van der Waals surface area contributed by atoms with Crippen LogP contribution in [0.15, 0.2) is 0 Å². The van der Waals surface area contributed by atoms with Crippen molar-refractivity contribution in [3.63, 3.8) is 0 Å². The number of amides is 1. The first-order valence-electron chi connectivity index (χ1n) is 17.4. The average Bonchev–Trinajstić information content (AvgIpc) is 3.29. The number of fused-ring (bicyclic) bond motifs is 5. The maximum Gasteiger partial charge on any atom is 0.230 e. The lowest BCUT2D eigenvalue weighted by atomic mass is 9.45. The van der Waals surface area contributed by atoms with Gasteiger partial charge in [-0.1, -0.05) is 93.9 Å². The Kier molecular flexibility index (Phi) is 18.0. The highest BCUT2D eigenvalue weighted by atomic mass is 32.2. The van der Waals surface area contributed by atoms with E-state index in [-0.39, 0.29) is 5.91 Å². The maximum absolute atomic E-state index is 12.1. The third-order valence-corrected chi connectivity index (χ3v) is 11.7. The molecule has 7 atom stereocenters. The van der Waals surface area contributed by atoms with Crippen LogP contribution in [0, 0.1) is 40.4 Å². The predicted molar refractivity (Wildman–Crippen MR) is 176 cm³/mol. The van der Waals surface area contributed by atoms with Crippen LogP contribution >= 0.6 is 12.1 Å². The van der Waals surface area contributed by atoms with Crippen molar-refractivity contribution >= 4 is 18.0 Å². The number of nitrogens with zero attached hydrogens (tertiary/aromatic N) is 1. The molecule has 4 heteroatoms. The Morgan fingerprint density at radius 1 is 0.795 bits per heavy atom. The summed E-state index contributed by atoms with van der Waals surface area (Å²) in [4.78, 5) is 12.1. The molecule has 39 heavy (non-hydrogen) atoms. The van der Waals surface area contributed by atoms with Crippen LogP contribution in [0.4, 0.5) is 0 Å². The fourth-order valence-electron chi connectivity index (χ4n) is 9.08. The third-order valence-electron chi connectivity index (χ3n) is 11.0. The van der Waals surface area contributed by atoms with E-state index in [1.54, 1.807) is 0 Å².